The number of ketones is 1. The summed E-state index contributed by atoms with van der Waals surface area (Å²) in [5.74, 6) is -3.45. The van der Waals surface area contributed by atoms with E-state index in [-0.39, 0.29) is 16.6 Å². The minimum atomic E-state index is -1.89. The maximum atomic E-state index is 13.2. The summed E-state index contributed by atoms with van der Waals surface area (Å²) in [6, 6.07) is 0. The second-order valence-electron chi connectivity index (χ2n) is 11.8. The summed E-state index contributed by atoms with van der Waals surface area (Å²) < 4.78 is 18.9. The molecule has 2 aromatic rings. The average Bonchev–Trinajstić information content (AvgIpc) is 2.94. The van der Waals surface area contributed by atoms with Crippen LogP contribution in [0, 0.1) is 39.5 Å². The Kier molecular flexibility index (Phi) is 9.39. The van der Waals surface area contributed by atoms with Crippen molar-refractivity contribution in [2.75, 3.05) is 0 Å². The number of aryl methyl sites for hydroxylation is 1. The van der Waals surface area contributed by atoms with E-state index in [1.165, 1.54) is 0 Å². The number of rotatable bonds is 8. The van der Waals surface area contributed by atoms with Gasteiger partial charge in [0.2, 0.25) is 0 Å². The van der Waals surface area contributed by atoms with E-state index in [0.29, 0.717) is 58.1 Å². The van der Waals surface area contributed by atoms with Crippen molar-refractivity contribution >= 4 is 5.78 Å². The van der Waals surface area contributed by atoms with Crippen LogP contribution in [-0.4, -0.2) is 34.0 Å². The molecule has 0 unspecified atom stereocenters. The van der Waals surface area contributed by atoms with E-state index in [0.717, 1.165) is 0 Å². The third-order valence-electron chi connectivity index (χ3n) is 9.35. The molecule has 1 aliphatic heterocycles. The van der Waals surface area contributed by atoms with Gasteiger partial charge in [0.1, 0.15) is 28.8 Å². The molecule has 0 spiro atoms. The second-order valence-corrected chi connectivity index (χ2v) is 11.8. The van der Waals surface area contributed by atoms with Crippen LogP contribution in [0.4, 0.5) is 0 Å². The zero-order valence-corrected chi connectivity index (χ0v) is 25.8. The molecule has 2 aromatic heterocycles. The first kappa shape index (κ1) is 32.0. The van der Waals surface area contributed by atoms with Crippen LogP contribution in [0.2, 0.25) is 0 Å². The maximum Gasteiger partial charge on any atom is 0.191 e. The Morgan fingerprint density at radius 1 is 0.875 bits per heavy atom. The smallest absolute Gasteiger partial charge is 0.191 e. The third kappa shape index (κ3) is 5.14. The van der Waals surface area contributed by atoms with E-state index in [1.807, 2.05) is 20.8 Å². The highest BCUT2D eigenvalue weighted by molar-refractivity contribution is 5.84. The predicted molar refractivity (Wildman–Crippen MR) is 153 cm³/mol. The zero-order valence-electron chi connectivity index (χ0n) is 25.8. The summed E-state index contributed by atoms with van der Waals surface area (Å²) in [5.41, 5.74) is 1.38. The van der Waals surface area contributed by atoms with E-state index in [9.17, 15) is 24.6 Å². The van der Waals surface area contributed by atoms with E-state index in [4.69, 9.17) is 13.6 Å². The van der Waals surface area contributed by atoms with Gasteiger partial charge in [0.15, 0.2) is 16.6 Å². The average molecular weight is 559 g/mol. The highest BCUT2D eigenvalue weighted by Crippen LogP contribution is 2.48. The number of aliphatic hydroxyl groups excluding tert-OH is 1. The fourth-order valence-electron chi connectivity index (χ4n) is 6.35. The summed E-state index contributed by atoms with van der Waals surface area (Å²) in [7, 11) is 0. The third-order valence-corrected chi connectivity index (χ3v) is 9.35. The Hall–Kier alpha value is -2.55. The SMILES string of the molecule is CCC(=O)[C@H](C)c1oc([C@H](C)[C@@H]2O[C@](O)([C@@H](C)c3oc(CC)c(C)c(=O)c3C)[C@@H](C)[C@@H](O)[C@@H]2C)c(C)c(=O)c1C. The number of aliphatic hydroxyl groups is 2. The summed E-state index contributed by atoms with van der Waals surface area (Å²) in [5, 5.41) is 23.5. The molecule has 1 fully saturated rings. The molecule has 8 atom stereocenters. The Bertz CT molecular complexity index is 1380. The van der Waals surface area contributed by atoms with Gasteiger partial charge < -0.3 is 23.8 Å². The lowest BCUT2D eigenvalue weighted by atomic mass is 9.72. The van der Waals surface area contributed by atoms with Crippen molar-refractivity contribution < 1.29 is 28.6 Å². The normalized spacial score (nSPS) is 27.3. The van der Waals surface area contributed by atoms with E-state index < -0.39 is 47.6 Å². The Balaban J connectivity index is 2.13. The maximum absolute atomic E-state index is 13.2. The first-order valence-electron chi connectivity index (χ1n) is 14.4. The van der Waals surface area contributed by atoms with Crippen LogP contribution in [-0.2, 0) is 16.0 Å². The van der Waals surface area contributed by atoms with E-state index in [1.54, 1.807) is 55.4 Å². The van der Waals surface area contributed by atoms with Crippen LogP contribution in [0.15, 0.2) is 18.4 Å². The number of ether oxygens (including phenoxy) is 1. The summed E-state index contributed by atoms with van der Waals surface area (Å²) in [6.45, 7) is 19.3. The minimum absolute atomic E-state index is 0.0372. The van der Waals surface area contributed by atoms with Gasteiger partial charge in [-0.25, -0.2) is 0 Å². The quantitative estimate of drug-likeness (QED) is 0.458. The lowest BCUT2D eigenvalue weighted by molar-refractivity contribution is -0.330. The molecule has 1 aliphatic rings. The zero-order chi connectivity index (χ0) is 30.4. The molecule has 2 N–H and O–H groups in total. The molecule has 0 aromatic carbocycles. The van der Waals surface area contributed by atoms with Crippen LogP contribution < -0.4 is 10.9 Å². The van der Waals surface area contributed by atoms with Gasteiger partial charge in [0, 0.05) is 52.8 Å². The standard InChI is InChI=1S/C32H46O8/c1-12-23(33)14(3)28-16(5)26(35)17(6)29(39-28)20(9)30-19(8)27(36)21(10)32(37,40-30)22(11)31-18(7)25(34)15(4)24(13-2)38-31/h14,19-22,27,30,36-37H,12-13H2,1-11H3/t14-,19-,20-,21-,22-,27-,30+,32-/m0/s1. The molecule has 8 nitrogen and oxygen atoms in total. The molecule has 0 amide bonds. The Morgan fingerprint density at radius 3 is 1.95 bits per heavy atom. The number of hydrogen-bond acceptors (Lipinski definition) is 8. The Labute approximate surface area is 236 Å². The van der Waals surface area contributed by atoms with Gasteiger partial charge in [0.25, 0.3) is 0 Å². The van der Waals surface area contributed by atoms with Gasteiger partial charge in [-0.15, -0.1) is 0 Å². The van der Waals surface area contributed by atoms with Gasteiger partial charge in [-0.1, -0.05) is 41.5 Å². The van der Waals surface area contributed by atoms with Gasteiger partial charge in [-0.05, 0) is 34.6 Å². The first-order chi connectivity index (χ1) is 18.5. The molecule has 0 radical (unpaired) electrons. The molecule has 3 rings (SSSR count). The highest BCUT2D eigenvalue weighted by Gasteiger charge is 2.55. The van der Waals surface area contributed by atoms with Crippen molar-refractivity contribution in [3.8, 4) is 0 Å². The lowest BCUT2D eigenvalue weighted by Crippen LogP contribution is -2.60. The van der Waals surface area contributed by atoms with E-state index in [2.05, 4.69) is 0 Å². The molecule has 0 aliphatic carbocycles. The number of carbonyl (C=O) groups excluding carboxylic acids is 1. The van der Waals surface area contributed by atoms with Crippen molar-refractivity contribution in [2.45, 2.75) is 125 Å². The van der Waals surface area contributed by atoms with Crippen LogP contribution >= 0.6 is 0 Å². The first-order valence-corrected chi connectivity index (χ1v) is 14.4. The largest absolute Gasteiger partial charge is 0.465 e. The summed E-state index contributed by atoms with van der Waals surface area (Å²) in [4.78, 5) is 38.7. The summed E-state index contributed by atoms with van der Waals surface area (Å²) >= 11 is 0. The van der Waals surface area contributed by atoms with Crippen LogP contribution in [0.3, 0.4) is 0 Å². The minimum Gasteiger partial charge on any atom is -0.465 e. The van der Waals surface area contributed by atoms with Gasteiger partial charge >= 0.3 is 0 Å². The molecule has 3 heterocycles. The van der Waals surface area contributed by atoms with Gasteiger partial charge in [-0.2, -0.15) is 0 Å². The van der Waals surface area contributed by atoms with Crippen molar-refractivity contribution in [1.29, 1.82) is 0 Å². The number of hydrogen-bond donors (Lipinski definition) is 2. The lowest BCUT2D eigenvalue weighted by Gasteiger charge is -2.51. The Morgan fingerprint density at radius 2 is 1.40 bits per heavy atom. The fourth-order valence-corrected chi connectivity index (χ4v) is 6.35. The topological polar surface area (TPSA) is 127 Å². The van der Waals surface area contributed by atoms with Crippen LogP contribution in [0.1, 0.15) is 118 Å². The molecular formula is C32H46O8. The van der Waals surface area contributed by atoms with Crippen molar-refractivity contribution in [1.82, 2.24) is 0 Å². The van der Waals surface area contributed by atoms with Crippen LogP contribution in [0.25, 0.3) is 0 Å². The van der Waals surface area contributed by atoms with Crippen molar-refractivity contribution in [3.63, 3.8) is 0 Å². The molecule has 8 heteroatoms. The van der Waals surface area contributed by atoms with Crippen molar-refractivity contribution in [2.24, 2.45) is 11.8 Å². The highest BCUT2D eigenvalue weighted by atomic mass is 16.6. The van der Waals surface area contributed by atoms with E-state index >= 15 is 0 Å². The molecule has 0 saturated carbocycles. The van der Waals surface area contributed by atoms with Crippen molar-refractivity contribution in [3.05, 3.63) is 65.7 Å². The van der Waals surface area contributed by atoms with Crippen LogP contribution in [0.5, 0.6) is 0 Å². The molecular weight excluding hydrogens is 512 g/mol. The number of carbonyl (C=O) groups is 1. The number of Topliss-reactive ketones (excluding diaryl/α,β-unsaturated/α-hetero) is 1. The summed E-state index contributed by atoms with van der Waals surface area (Å²) in [6.07, 6.45) is -0.886. The second kappa shape index (κ2) is 11.7. The molecule has 0 bridgehead atoms. The monoisotopic (exact) mass is 558 g/mol. The predicted octanol–water partition coefficient (Wildman–Crippen LogP) is 5.10. The molecule has 40 heavy (non-hydrogen) atoms. The van der Waals surface area contributed by atoms with Gasteiger partial charge in [0.05, 0.1) is 24.0 Å². The molecule has 222 valence electrons. The fraction of sp³-hybridized carbons (Fsp3) is 0.656. The van der Waals surface area contributed by atoms with Gasteiger partial charge in [-0.3, -0.25) is 14.4 Å². The molecule has 1 saturated heterocycles.